The van der Waals surface area contributed by atoms with E-state index in [-0.39, 0.29) is 0 Å². The van der Waals surface area contributed by atoms with Crippen molar-refractivity contribution < 1.29 is 0 Å². The van der Waals surface area contributed by atoms with Crippen molar-refractivity contribution in [2.75, 3.05) is 26.2 Å². The Hall–Kier alpha value is -0.0800. The average molecular weight is 266 g/mol. The predicted molar refractivity (Wildman–Crippen MR) is 83.4 cm³/mol. The van der Waals surface area contributed by atoms with Gasteiger partial charge in [0.1, 0.15) is 0 Å². The molecule has 2 nitrogen and oxygen atoms in total. The Balaban J connectivity index is 2.18. The summed E-state index contributed by atoms with van der Waals surface area (Å²) in [6.07, 6.45) is 2.76. The van der Waals surface area contributed by atoms with Crippen LogP contribution in [0.2, 0.25) is 0 Å². The molecule has 0 N–H and O–H groups in total. The van der Waals surface area contributed by atoms with Crippen molar-refractivity contribution in [3.8, 4) is 0 Å². The number of fused-ring (bicyclic) bond motifs is 2. The van der Waals surface area contributed by atoms with Crippen molar-refractivity contribution in [1.82, 2.24) is 9.80 Å². The van der Waals surface area contributed by atoms with Gasteiger partial charge in [0.15, 0.2) is 0 Å². The zero-order chi connectivity index (χ0) is 14.2. The SMILES string of the molecule is CCCC1(C)C2CN(C(C)C)CC1CN(C(C)C)C2. The molecule has 0 spiro atoms. The molecule has 2 fully saturated rings. The van der Waals surface area contributed by atoms with Gasteiger partial charge >= 0.3 is 0 Å². The topological polar surface area (TPSA) is 6.48 Å². The van der Waals surface area contributed by atoms with E-state index in [1.54, 1.807) is 0 Å². The minimum Gasteiger partial charge on any atom is -0.300 e. The molecule has 2 rings (SSSR count). The van der Waals surface area contributed by atoms with E-state index in [1.165, 1.54) is 39.0 Å². The van der Waals surface area contributed by atoms with Gasteiger partial charge in [-0.3, -0.25) is 0 Å². The molecule has 0 aromatic carbocycles. The summed E-state index contributed by atoms with van der Waals surface area (Å²) in [6.45, 7) is 19.6. The molecule has 112 valence electrons. The van der Waals surface area contributed by atoms with Crippen LogP contribution in [0.1, 0.15) is 54.4 Å². The van der Waals surface area contributed by atoms with Crippen LogP contribution in [0.25, 0.3) is 0 Å². The Bertz CT molecular complexity index is 262. The van der Waals surface area contributed by atoms with Gasteiger partial charge < -0.3 is 9.80 Å². The standard InChI is InChI=1S/C17H34N2/c1-7-8-17(6)15-9-18(13(2)3)10-16(17)12-19(11-15)14(4)5/h13-16H,7-12H2,1-6H3. The molecular formula is C17H34N2. The second-order valence-corrected chi connectivity index (χ2v) is 7.74. The van der Waals surface area contributed by atoms with E-state index < -0.39 is 0 Å². The Morgan fingerprint density at radius 2 is 1.26 bits per heavy atom. The fraction of sp³-hybridized carbons (Fsp3) is 1.00. The van der Waals surface area contributed by atoms with Gasteiger partial charge in [-0.05, 0) is 51.4 Å². The first-order chi connectivity index (χ1) is 8.88. The molecule has 2 heterocycles. The Labute approximate surface area is 120 Å². The average Bonchev–Trinajstić information content (AvgIpc) is 2.27. The molecule has 0 atom stereocenters. The first-order valence-electron chi connectivity index (χ1n) is 8.36. The van der Waals surface area contributed by atoms with Crippen molar-refractivity contribution in [3.05, 3.63) is 0 Å². The Morgan fingerprint density at radius 1 is 0.895 bits per heavy atom. The number of likely N-dealkylation sites (tertiary alicyclic amines) is 2. The third-order valence-corrected chi connectivity index (χ3v) is 5.93. The van der Waals surface area contributed by atoms with E-state index >= 15 is 0 Å². The lowest BCUT2D eigenvalue weighted by molar-refractivity contribution is -0.100. The Morgan fingerprint density at radius 3 is 1.53 bits per heavy atom. The van der Waals surface area contributed by atoms with E-state index in [2.05, 4.69) is 51.3 Å². The summed E-state index contributed by atoms with van der Waals surface area (Å²) >= 11 is 0. The van der Waals surface area contributed by atoms with Gasteiger partial charge in [-0.1, -0.05) is 20.3 Å². The molecule has 0 radical (unpaired) electrons. The predicted octanol–water partition coefficient (Wildman–Crippen LogP) is 3.47. The first kappa shape index (κ1) is 15.3. The highest BCUT2D eigenvalue weighted by Gasteiger charge is 2.50. The van der Waals surface area contributed by atoms with Crippen LogP contribution in [0.4, 0.5) is 0 Å². The number of hydrogen-bond acceptors (Lipinski definition) is 2. The summed E-state index contributed by atoms with van der Waals surface area (Å²) in [5.41, 5.74) is 0.589. The molecule has 0 aromatic rings. The van der Waals surface area contributed by atoms with Crippen LogP contribution in [-0.2, 0) is 0 Å². The molecule has 0 unspecified atom stereocenters. The summed E-state index contributed by atoms with van der Waals surface area (Å²) in [4.78, 5) is 5.45. The number of nitrogens with zero attached hydrogens (tertiary/aromatic N) is 2. The highest BCUT2D eigenvalue weighted by Crippen LogP contribution is 2.48. The van der Waals surface area contributed by atoms with Gasteiger partial charge in [-0.25, -0.2) is 0 Å². The van der Waals surface area contributed by atoms with Crippen LogP contribution >= 0.6 is 0 Å². The lowest BCUT2D eigenvalue weighted by Gasteiger charge is -2.59. The second-order valence-electron chi connectivity index (χ2n) is 7.74. The smallest absolute Gasteiger partial charge is 0.00388 e. The molecule has 0 aromatic heterocycles. The molecular weight excluding hydrogens is 232 g/mol. The van der Waals surface area contributed by atoms with Crippen LogP contribution in [-0.4, -0.2) is 48.1 Å². The van der Waals surface area contributed by atoms with Crippen molar-refractivity contribution in [3.63, 3.8) is 0 Å². The highest BCUT2D eigenvalue weighted by atomic mass is 15.2. The van der Waals surface area contributed by atoms with E-state index in [0.29, 0.717) is 17.5 Å². The zero-order valence-corrected chi connectivity index (χ0v) is 13.9. The van der Waals surface area contributed by atoms with Crippen LogP contribution in [0.3, 0.4) is 0 Å². The molecule has 19 heavy (non-hydrogen) atoms. The van der Waals surface area contributed by atoms with Gasteiger partial charge in [0.05, 0.1) is 0 Å². The molecule has 2 aliphatic rings. The minimum atomic E-state index is 0.589. The zero-order valence-electron chi connectivity index (χ0n) is 13.9. The first-order valence-corrected chi connectivity index (χ1v) is 8.36. The summed E-state index contributed by atoms with van der Waals surface area (Å²) < 4.78 is 0. The van der Waals surface area contributed by atoms with Gasteiger partial charge in [-0.15, -0.1) is 0 Å². The minimum absolute atomic E-state index is 0.589. The van der Waals surface area contributed by atoms with Gasteiger partial charge in [0.2, 0.25) is 0 Å². The van der Waals surface area contributed by atoms with Crippen molar-refractivity contribution in [2.24, 2.45) is 17.3 Å². The van der Waals surface area contributed by atoms with Gasteiger partial charge in [0.25, 0.3) is 0 Å². The summed E-state index contributed by atoms with van der Waals surface area (Å²) in [5.74, 6) is 1.73. The molecule has 2 heteroatoms. The maximum absolute atomic E-state index is 2.73. The Kier molecular flexibility index (Phi) is 4.62. The normalized spacial score (nSPS) is 37.3. The number of piperidine rings is 2. The van der Waals surface area contributed by atoms with Gasteiger partial charge in [0, 0.05) is 38.3 Å². The van der Waals surface area contributed by atoms with Crippen LogP contribution in [0.5, 0.6) is 0 Å². The lowest BCUT2D eigenvalue weighted by atomic mass is 9.60. The number of hydrogen-bond donors (Lipinski definition) is 0. The molecule has 0 aliphatic carbocycles. The summed E-state index contributed by atoms with van der Waals surface area (Å²) in [6, 6.07) is 1.42. The third-order valence-electron chi connectivity index (χ3n) is 5.93. The van der Waals surface area contributed by atoms with Crippen molar-refractivity contribution in [2.45, 2.75) is 66.5 Å². The molecule has 2 aliphatic heterocycles. The van der Waals surface area contributed by atoms with E-state index in [1.807, 2.05) is 0 Å². The maximum Gasteiger partial charge on any atom is 0.00388 e. The molecule has 0 amide bonds. The van der Waals surface area contributed by atoms with Gasteiger partial charge in [-0.2, -0.15) is 0 Å². The molecule has 0 saturated carbocycles. The summed E-state index contributed by atoms with van der Waals surface area (Å²) in [5, 5.41) is 0. The monoisotopic (exact) mass is 266 g/mol. The highest BCUT2D eigenvalue weighted by molar-refractivity contribution is 5.02. The lowest BCUT2D eigenvalue weighted by Crippen LogP contribution is -2.64. The maximum atomic E-state index is 2.73. The fourth-order valence-electron chi connectivity index (χ4n) is 4.35. The second kappa shape index (κ2) is 5.73. The van der Waals surface area contributed by atoms with Crippen LogP contribution < -0.4 is 0 Å². The molecule has 2 bridgehead atoms. The third kappa shape index (κ3) is 2.85. The van der Waals surface area contributed by atoms with E-state index in [4.69, 9.17) is 0 Å². The molecule has 2 saturated heterocycles. The van der Waals surface area contributed by atoms with E-state index in [0.717, 1.165) is 11.8 Å². The van der Waals surface area contributed by atoms with Crippen molar-refractivity contribution in [1.29, 1.82) is 0 Å². The summed E-state index contributed by atoms with van der Waals surface area (Å²) in [7, 11) is 0. The quantitative estimate of drug-likeness (QED) is 0.769. The van der Waals surface area contributed by atoms with Crippen LogP contribution in [0, 0.1) is 17.3 Å². The largest absolute Gasteiger partial charge is 0.300 e. The van der Waals surface area contributed by atoms with E-state index in [9.17, 15) is 0 Å². The number of rotatable bonds is 4. The van der Waals surface area contributed by atoms with Crippen LogP contribution in [0.15, 0.2) is 0 Å². The fourth-order valence-corrected chi connectivity index (χ4v) is 4.35. The van der Waals surface area contributed by atoms with Crippen molar-refractivity contribution >= 4 is 0 Å².